The maximum Gasteiger partial charge on any atom is 0.325 e. The molecule has 0 N–H and O–H groups in total. The van der Waals surface area contributed by atoms with Crippen LogP contribution < -0.4 is 0 Å². The van der Waals surface area contributed by atoms with E-state index in [0.717, 1.165) is 12.0 Å². The molecule has 0 saturated heterocycles. The van der Waals surface area contributed by atoms with Gasteiger partial charge in [0, 0.05) is 6.92 Å². The lowest BCUT2D eigenvalue weighted by Gasteiger charge is -2.29. The van der Waals surface area contributed by atoms with Crippen LogP contribution in [-0.4, -0.2) is 30.4 Å². The van der Waals surface area contributed by atoms with Gasteiger partial charge in [-0.1, -0.05) is 37.3 Å². The first-order valence-electron chi connectivity index (χ1n) is 5.99. The summed E-state index contributed by atoms with van der Waals surface area (Å²) >= 11 is 0. The van der Waals surface area contributed by atoms with Crippen LogP contribution in [0.15, 0.2) is 30.3 Å². The van der Waals surface area contributed by atoms with E-state index in [0.29, 0.717) is 0 Å². The van der Waals surface area contributed by atoms with Gasteiger partial charge in [0.05, 0.1) is 13.2 Å². The number of carbonyl (C=O) groups is 2. The zero-order valence-electron chi connectivity index (χ0n) is 11.1. The molecule has 0 fully saturated rings. The van der Waals surface area contributed by atoms with Crippen molar-refractivity contribution < 1.29 is 14.3 Å². The Balaban J connectivity index is 2.95. The van der Waals surface area contributed by atoms with Gasteiger partial charge in [0.2, 0.25) is 5.91 Å². The fraction of sp³-hybridized carbons (Fsp3) is 0.429. The Morgan fingerprint density at radius 1 is 1.28 bits per heavy atom. The van der Waals surface area contributed by atoms with Crippen LogP contribution in [0.1, 0.15) is 31.9 Å². The average Bonchev–Trinajstić information content (AvgIpc) is 2.39. The smallest absolute Gasteiger partial charge is 0.325 e. The van der Waals surface area contributed by atoms with Gasteiger partial charge in [-0.3, -0.25) is 9.59 Å². The Kier molecular flexibility index (Phi) is 5.36. The quantitative estimate of drug-likeness (QED) is 0.751. The van der Waals surface area contributed by atoms with E-state index in [4.69, 9.17) is 0 Å². The van der Waals surface area contributed by atoms with Crippen molar-refractivity contribution in [1.29, 1.82) is 0 Å². The minimum atomic E-state index is -0.403. The maximum atomic E-state index is 11.7. The summed E-state index contributed by atoms with van der Waals surface area (Å²) in [5, 5.41) is 0. The van der Waals surface area contributed by atoms with Gasteiger partial charge < -0.3 is 9.64 Å². The van der Waals surface area contributed by atoms with Gasteiger partial charge in [0.15, 0.2) is 0 Å². The third kappa shape index (κ3) is 3.58. The van der Waals surface area contributed by atoms with Crippen molar-refractivity contribution in [2.75, 3.05) is 13.7 Å². The van der Waals surface area contributed by atoms with Gasteiger partial charge >= 0.3 is 5.97 Å². The van der Waals surface area contributed by atoms with E-state index >= 15 is 0 Å². The molecule has 4 heteroatoms. The summed E-state index contributed by atoms with van der Waals surface area (Å²) in [6.07, 6.45) is 0.751. The number of amides is 1. The highest BCUT2D eigenvalue weighted by atomic mass is 16.5. The third-order valence-corrected chi connectivity index (χ3v) is 2.88. The van der Waals surface area contributed by atoms with Crippen molar-refractivity contribution >= 4 is 11.9 Å². The normalized spacial score (nSPS) is 11.7. The van der Waals surface area contributed by atoms with Crippen LogP contribution in [-0.2, 0) is 14.3 Å². The second-order valence-electron chi connectivity index (χ2n) is 4.06. The van der Waals surface area contributed by atoms with Crippen molar-refractivity contribution in [1.82, 2.24) is 4.90 Å². The summed E-state index contributed by atoms with van der Waals surface area (Å²) in [7, 11) is 1.32. The van der Waals surface area contributed by atoms with Gasteiger partial charge in [-0.05, 0) is 12.0 Å². The second-order valence-corrected chi connectivity index (χ2v) is 4.06. The van der Waals surface area contributed by atoms with Crippen LogP contribution in [0, 0.1) is 0 Å². The molecule has 98 valence electrons. The summed E-state index contributed by atoms with van der Waals surface area (Å²) < 4.78 is 4.63. The summed E-state index contributed by atoms with van der Waals surface area (Å²) in [5.41, 5.74) is 1.03. The molecule has 1 amide bonds. The molecule has 4 nitrogen and oxygen atoms in total. The van der Waals surface area contributed by atoms with Gasteiger partial charge in [-0.25, -0.2) is 0 Å². The number of hydrogen-bond donors (Lipinski definition) is 0. The molecule has 1 aromatic rings. The molecular formula is C14H19NO3. The Morgan fingerprint density at radius 2 is 1.89 bits per heavy atom. The van der Waals surface area contributed by atoms with E-state index < -0.39 is 5.97 Å². The van der Waals surface area contributed by atoms with Gasteiger partial charge in [-0.15, -0.1) is 0 Å². The molecule has 0 aliphatic carbocycles. The maximum absolute atomic E-state index is 11.7. The number of esters is 1. The van der Waals surface area contributed by atoms with Crippen LogP contribution in [0.25, 0.3) is 0 Å². The molecule has 0 aliphatic heterocycles. The Bertz CT molecular complexity index is 403. The largest absolute Gasteiger partial charge is 0.468 e. The molecule has 0 heterocycles. The summed E-state index contributed by atoms with van der Waals surface area (Å²) in [4.78, 5) is 24.6. The molecule has 1 aromatic carbocycles. The number of carbonyl (C=O) groups excluding carboxylic acids is 2. The topological polar surface area (TPSA) is 46.6 Å². The Labute approximate surface area is 108 Å². The number of benzene rings is 1. The zero-order chi connectivity index (χ0) is 13.5. The first-order chi connectivity index (χ1) is 8.60. The van der Waals surface area contributed by atoms with Crippen molar-refractivity contribution in [3.05, 3.63) is 35.9 Å². The van der Waals surface area contributed by atoms with E-state index in [-0.39, 0.29) is 18.5 Å². The number of rotatable bonds is 5. The lowest BCUT2D eigenvalue weighted by Crippen LogP contribution is -2.37. The minimum absolute atomic E-state index is 0.0146. The van der Waals surface area contributed by atoms with Gasteiger partial charge in [-0.2, -0.15) is 0 Å². The van der Waals surface area contributed by atoms with E-state index in [9.17, 15) is 9.59 Å². The van der Waals surface area contributed by atoms with Crippen molar-refractivity contribution in [3.8, 4) is 0 Å². The lowest BCUT2D eigenvalue weighted by molar-refractivity contribution is -0.148. The third-order valence-electron chi connectivity index (χ3n) is 2.88. The molecule has 0 spiro atoms. The molecule has 1 rings (SSSR count). The van der Waals surface area contributed by atoms with Crippen LogP contribution in [0.5, 0.6) is 0 Å². The first-order valence-corrected chi connectivity index (χ1v) is 5.99. The molecular weight excluding hydrogens is 230 g/mol. The van der Waals surface area contributed by atoms with Crippen LogP contribution >= 0.6 is 0 Å². The molecule has 0 radical (unpaired) electrons. The highest BCUT2D eigenvalue weighted by Gasteiger charge is 2.23. The average molecular weight is 249 g/mol. The first kappa shape index (κ1) is 14.2. The van der Waals surface area contributed by atoms with E-state index in [2.05, 4.69) is 4.74 Å². The number of ether oxygens (including phenoxy) is 1. The monoisotopic (exact) mass is 249 g/mol. The summed E-state index contributed by atoms with van der Waals surface area (Å²) in [5.74, 6) is -0.532. The standard InChI is InChI=1S/C14H19NO3/c1-4-13(12-8-6-5-7-9-12)15(11(2)16)10-14(17)18-3/h5-9,13H,4,10H2,1-3H3. The SMILES string of the molecule is CCC(c1ccccc1)N(CC(=O)OC)C(C)=O. The molecule has 0 bridgehead atoms. The van der Waals surface area contributed by atoms with Crippen LogP contribution in [0.2, 0.25) is 0 Å². The second kappa shape index (κ2) is 6.79. The number of methoxy groups -OCH3 is 1. The predicted molar refractivity (Wildman–Crippen MR) is 68.9 cm³/mol. The molecule has 1 unspecified atom stereocenters. The molecule has 18 heavy (non-hydrogen) atoms. The highest BCUT2D eigenvalue weighted by Crippen LogP contribution is 2.23. The fourth-order valence-corrected chi connectivity index (χ4v) is 1.96. The zero-order valence-corrected chi connectivity index (χ0v) is 11.1. The van der Waals surface area contributed by atoms with E-state index in [1.807, 2.05) is 37.3 Å². The predicted octanol–water partition coefficient (Wildman–Crippen LogP) is 2.16. The number of nitrogens with zero attached hydrogens (tertiary/aromatic N) is 1. The van der Waals surface area contributed by atoms with Gasteiger partial charge in [0.1, 0.15) is 6.54 Å². The fourth-order valence-electron chi connectivity index (χ4n) is 1.96. The van der Waals surface area contributed by atoms with Crippen LogP contribution in [0.4, 0.5) is 0 Å². The number of hydrogen-bond acceptors (Lipinski definition) is 3. The van der Waals surface area contributed by atoms with Crippen molar-refractivity contribution in [2.24, 2.45) is 0 Å². The van der Waals surface area contributed by atoms with Crippen LogP contribution in [0.3, 0.4) is 0 Å². The molecule has 0 aromatic heterocycles. The van der Waals surface area contributed by atoms with Crippen molar-refractivity contribution in [3.63, 3.8) is 0 Å². The van der Waals surface area contributed by atoms with E-state index in [1.165, 1.54) is 14.0 Å². The minimum Gasteiger partial charge on any atom is -0.468 e. The van der Waals surface area contributed by atoms with E-state index in [1.54, 1.807) is 4.90 Å². The molecule has 0 aliphatic rings. The summed E-state index contributed by atoms with van der Waals surface area (Å²) in [6.45, 7) is 3.44. The summed E-state index contributed by atoms with van der Waals surface area (Å²) in [6, 6.07) is 9.60. The molecule has 0 saturated carbocycles. The molecule has 1 atom stereocenters. The highest BCUT2D eigenvalue weighted by molar-refractivity contribution is 5.80. The Morgan fingerprint density at radius 3 is 2.33 bits per heavy atom. The Hall–Kier alpha value is -1.84. The van der Waals surface area contributed by atoms with Gasteiger partial charge in [0.25, 0.3) is 0 Å². The lowest BCUT2D eigenvalue weighted by atomic mass is 10.0. The van der Waals surface area contributed by atoms with Crippen molar-refractivity contribution in [2.45, 2.75) is 26.3 Å².